The van der Waals surface area contributed by atoms with Crippen molar-refractivity contribution in [2.75, 3.05) is 6.79 Å². The number of hydrogen-bond donors (Lipinski definition) is 1. The van der Waals surface area contributed by atoms with Crippen molar-refractivity contribution in [2.45, 2.75) is 45.3 Å². The third kappa shape index (κ3) is 6.03. The predicted octanol–water partition coefficient (Wildman–Crippen LogP) is 7.96. The molecule has 0 amide bonds. The maximum Gasteiger partial charge on any atom is 0.231 e. The molecule has 0 fully saturated rings. The topological polar surface area (TPSA) is 48.3 Å². The fourth-order valence-electron chi connectivity index (χ4n) is 5.39. The maximum atomic E-state index is 13.9. The van der Waals surface area contributed by atoms with Crippen LogP contribution < -0.4 is 14.8 Å². The first-order chi connectivity index (χ1) is 20.2. The normalized spacial score (nSPS) is 12.9. The molecule has 0 saturated heterocycles. The Morgan fingerprint density at radius 2 is 1.59 bits per heavy atom. The van der Waals surface area contributed by atoms with Crippen LogP contribution in [0.15, 0.2) is 103 Å². The zero-order valence-corrected chi connectivity index (χ0v) is 23.2. The van der Waals surface area contributed by atoms with Crippen LogP contribution in [0, 0.1) is 5.82 Å². The summed E-state index contributed by atoms with van der Waals surface area (Å²) in [5.41, 5.74) is 6.31. The van der Waals surface area contributed by atoms with Gasteiger partial charge in [0.25, 0.3) is 0 Å². The summed E-state index contributed by atoms with van der Waals surface area (Å²) in [5, 5.41) is 3.86. The molecule has 208 valence electrons. The first-order valence-corrected chi connectivity index (χ1v) is 14.3. The van der Waals surface area contributed by atoms with Gasteiger partial charge in [0, 0.05) is 30.3 Å². The average molecular weight is 548 g/mol. The van der Waals surface area contributed by atoms with Gasteiger partial charge < -0.3 is 19.4 Å². The molecule has 41 heavy (non-hydrogen) atoms. The van der Waals surface area contributed by atoms with Crippen LogP contribution in [0.3, 0.4) is 0 Å². The van der Waals surface area contributed by atoms with E-state index < -0.39 is 0 Å². The number of fused-ring (bicyclic) bond motifs is 1. The molecular formula is C35H34FN3O2. The van der Waals surface area contributed by atoms with E-state index in [0.717, 1.165) is 65.6 Å². The van der Waals surface area contributed by atoms with Gasteiger partial charge in [-0.25, -0.2) is 9.37 Å². The first kappa shape index (κ1) is 26.8. The highest BCUT2D eigenvalue weighted by Gasteiger charge is 2.22. The van der Waals surface area contributed by atoms with Crippen LogP contribution >= 0.6 is 0 Å². The van der Waals surface area contributed by atoms with Crippen molar-refractivity contribution in [3.8, 4) is 34.1 Å². The third-order valence-corrected chi connectivity index (χ3v) is 7.55. The molecule has 5 nitrogen and oxygen atoms in total. The fraction of sp³-hybridized carbons (Fsp3) is 0.229. The van der Waals surface area contributed by atoms with Crippen molar-refractivity contribution >= 4 is 0 Å². The van der Waals surface area contributed by atoms with Gasteiger partial charge in [0.1, 0.15) is 11.6 Å². The minimum Gasteiger partial charge on any atom is -0.454 e. The molecule has 6 heteroatoms. The van der Waals surface area contributed by atoms with Crippen LogP contribution in [0.5, 0.6) is 11.5 Å². The van der Waals surface area contributed by atoms with Gasteiger partial charge in [0.05, 0.1) is 11.4 Å². The van der Waals surface area contributed by atoms with E-state index in [9.17, 15) is 4.39 Å². The largest absolute Gasteiger partial charge is 0.454 e. The number of ether oxygens (including phenoxy) is 2. The van der Waals surface area contributed by atoms with Gasteiger partial charge in [-0.05, 0) is 60.4 Å². The van der Waals surface area contributed by atoms with Crippen molar-refractivity contribution in [1.82, 2.24) is 14.9 Å². The van der Waals surface area contributed by atoms with Crippen molar-refractivity contribution in [2.24, 2.45) is 0 Å². The number of hydrogen-bond acceptors (Lipinski definition) is 4. The first-order valence-electron chi connectivity index (χ1n) is 14.3. The zero-order valence-electron chi connectivity index (χ0n) is 23.2. The van der Waals surface area contributed by atoms with Crippen molar-refractivity contribution in [3.63, 3.8) is 0 Å². The van der Waals surface area contributed by atoms with Gasteiger partial charge in [0.2, 0.25) is 6.79 Å². The van der Waals surface area contributed by atoms with Crippen molar-refractivity contribution in [3.05, 3.63) is 126 Å². The van der Waals surface area contributed by atoms with Gasteiger partial charge in [-0.15, -0.1) is 0 Å². The second kappa shape index (κ2) is 12.4. The minimum atomic E-state index is -0.255. The Hall–Kier alpha value is -4.42. The average Bonchev–Trinajstić information content (AvgIpc) is 3.64. The molecule has 1 aliphatic rings. The predicted molar refractivity (Wildman–Crippen MR) is 160 cm³/mol. The number of benzene rings is 4. The van der Waals surface area contributed by atoms with Crippen LogP contribution in [0.1, 0.15) is 42.6 Å². The number of unbranched alkanes of at least 4 members (excludes halogenated alkanes) is 1. The van der Waals surface area contributed by atoms with Gasteiger partial charge >= 0.3 is 0 Å². The molecule has 1 aliphatic heterocycles. The Morgan fingerprint density at radius 3 is 2.34 bits per heavy atom. The molecule has 1 aromatic heterocycles. The number of rotatable bonds is 11. The lowest BCUT2D eigenvalue weighted by atomic mass is 9.98. The van der Waals surface area contributed by atoms with E-state index in [0.29, 0.717) is 6.54 Å². The third-order valence-electron chi connectivity index (χ3n) is 7.55. The molecule has 5 aromatic rings. The summed E-state index contributed by atoms with van der Waals surface area (Å²) >= 11 is 0. The molecule has 4 aromatic carbocycles. The maximum absolute atomic E-state index is 13.9. The number of imidazole rings is 1. The molecule has 1 N–H and O–H groups in total. The standard InChI is InChI=1S/C35H34FN3O2/c1-2-3-20-39-31(34(27-15-17-29(36)18-16-27)38-35(39)28-12-8-5-9-13-28)23-37-30(26-10-6-4-7-11-26)21-25-14-19-32-33(22-25)41-24-40-32/h4-19,22,30,37H,2-3,20-21,23-24H2,1H3. The highest BCUT2D eigenvalue weighted by molar-refractivity contribution is 5.68. The van der Waals surface area contributed by atoms with Gasteiger partial charge in [-0.1, -0.05) is 80.1 Å². The lowest BCUT2D eigenvalue weighted by Gasteiger charge is -2.21. The Labute approximate surface area is 240 Å². The molecule has 0 saturated carbocycles. The Balaban J connectivity index is 1.38. The second-order valence-electron chi connectivity index (χ2n) is 10.3. The van der Waals surface area contributed by atoms with E-state index in [4.69, 9.17) is 14.5 Å². The highest BCUT2D eigenvalue weighted by Crippen LogP contribution is 2.35. The van der Waals surface area contributed by atoms with Crippen molar-refractivity contribution in [1.29, 1.82) is 0 Å². The molecule has 0 spiro atoms. The van der Waals surface area contributed by atoms with E-state index in [2.05, 4.69) is 65.3 Å². The van der Waals surface area contributed by atoms with Gasteiger partial charge in [-0.3, -0.25) is 0 Å². The number of nitrogens with one attached hydrogen (secondary N) is 1. The minimum absolute atomic E-state index is 0.0485. The number of halogens is 1. The monoisotopic (exact) mass is 547 g/mol. The second-order valence-corrected chi connectivity index (χ2v) is 10.3. The van der Waals surface area contributed by atoms with Crippen LogP contribution in [-0.2, 0) is 19.5 Å². The van der Waals surface area contributed by atoms with Crippen LogP contribution in [-0.4, -0.2) is 16.3 Å². The molecule has 1 unspecified atom stereocenters. The SMILES string of the molecule is CCCCn1c(-c2ccccc2)nc(-c2ccc(F)cc2)c1CNC(Cc1ccc2c(c1)OCO2)c1ccccc1. The number of nitrogens with zero attached hydrogens (tertiary/aromatic N) is 2. The van der Waals surface area contributed by atoms with E-state index in [-0.39, 0.29) is 18.7 Å². The molecule has 0 bridgehead atoms. The summed E-state index contributed by atoms with van der Waals surface area (Å²) in [7, 11) is 0. The van der Waals surface area contributed by atoms with Crippen molar-refractivity contribution < 1.29 is 13.9 Å². The smallest absolute Gasteiger partial charge is 0.231 e. The van der Waals surface area contributed by atoms with E-state index in [1.165, 1.54) is 23.3 Å². The van der Waals surface area contributed by atoms with Crippen LogP contribution in [0.25, 0.3) is 22.6 Å². The molecule has 6 rings (SSSR count). The number of aromatic nitrogens is 2. The van der Waals surface area contributed by atoms with Gasteiger partial charge in [-0.2, -0.15) is 0 Å². The van der Waals surface area contributed by atoms with Gasteiger partial charge in [0.15, 0.2) is 11.5 Å². The molecule has 0 aliphatic carbocycles. The molecule has 0 radical (unpaired) electrons. The molecular weight excluding hydrogens is 513 g/mol. The summed E-state index contributed by atoms with van der Waals surface area (Å²) in [5.74, 6) is 2.26. The Kier molecular flexibility index (Phi) is 8.10. The van der Waals surface area contributed by atoms with E-state index in [1.807, 2.05) is 42.5 Å². The fourth-order valence-corrected chi connectivity index (χ4v) is 5.39. The summed E-state index contributed by atoms with van der Waals surface area (Å²) in [4.78, 5) is 5.18. The summed E-state index contributed by atoms with van der Waals surface area (Å²) in [6.45, 7) is 3.91. The molecule has 2 heterocycles. The quantitative estimate of drug-likeness (QED) is 0.182. The summed E-state index contributed by atoms with van der Waals surface area (Å²) in [6, 6.07) is 33.7. The van der Waals surface area contributed by atoms with Crippen LogP contribution in [0.4, 0.5) is 4.39 Å². The lowest BCUT2D eigenvalue weighted by molar-refractivity contribution is 0.174. The Bertz CT molecular complexity index is 1580. The lowest BCUT2D eigenvalue weighted by Crippen LogP contribution is -2.25. The van der Waals surface area contributed by atoms with E-state index in [1.54, 1.807) is 0 Å². The Morgan fingerprint density at radius 1 is 0.854 bits per heavy atom. The van der Waals surface area contributed by atoms with Crippen LogP contribution in [0.2, 0.25) is 0 Å². The highest BCUT2D eigenvalue weighted by atomic mass is 19.1. The summed E-state index contributed by atoms with van der Waals surface area (Å²) < 4.78 is 27.4. The summed E-state index contributed by atoms with van der Waals surface area (Å²) in [6.07, 6.45) is 2.88. The molecule has 1 atom stereocenters. The zero-order chi connectivity index (χ0) is 28.0. The van der Waals surface area contributed by atoms with E-state index >= 15 is 0 Å².